The smallest absolute Gasteiger partial charge is 0.338 e. The van der Waals surface area contributed by atoms with E-state index in [0.29, 0.717) is 13.0 Å². The Morgan fingerprint density at radius 2 is 1.80 bits per heavy atom. The molecule has 2 aromatic carbocycles. The van der Waals surface area contributed by atoms with Gasteiger partial charge in [0, 0.05) is 13.1 Å². The zero-order valence-corrected chi connectivity index (χ0v) is 18.0. The molecule has 9 heteroatoms. The molecule has 1 amide bonds. The van der Waals surface area contributed by atoms with Gasteiger partial charge in [-0.25, -0.2) is 17.9 Å². The van der Waals surface area contributed by atoms with Crippen LogP contribution in [0.5, 0.6) is 5.75 Å². The average Bonchev–Trinajstić information content (AvgIpc) is 2.74. The van der Waals surface area contributed by atoms with Crippen LogP contribution in [0, 0.1) is 0 Å². The predicted octanol–water partition coefficient (Wildman–Crippen LogP) is 1.90. The number of amides is 1. The molecule has 0 radical (unpaired) electrons. The summed E-state index contributed by atoms with van der Waals surface area (Å²) in [6.07, 6.45) is -0.414. The van der Waals surface area contributed by atoms with E-state index in [1.807, 2.05) is 24.3 Å². The summed E-state index contributed by atoms with van der Waals surface area (Å²) in [4.78, 5) is 24.5. The molecule has 0 bridgehead atoms. The van der Waals surface area contributed by atoms with E-state index in [0.717, 1.165) is 11.3 Å². The number of benzene rings is 2. The van der Waals surface area contributed by atoms with Crippen LogP contribution in [0.15, 0.2) is 53.4 Å². The van der Waals surface area contributed by atoms with Crippen LogP contribution in [0.3, 0.4) is 0 Å². The Bertz CT molecular complexity index is 973. The first kappa shape index (κ1) is 23.4. The lowest BCUT2D eigenvalue weighted by Crippen LogP contribution is -2.37. The van der Waals surface area contributed by atoms with E-state index in [9.17, 15) is 18.0 Å². The lowest BCUT2D eigenvalue weighted by atomic mass is 10.1. The second-order valence-electron chi connectivity index (χ2n) is 6.47. The molecule has 0 aliphatic carbocycles. The second kappa shape index (κ2) is 10.7. The van der Waals surface area contributed by atoms with Crippen molar-refractivity contribution in [3.05, 3.63) is 59.7 Å². The van der Waals surface area contributed by atoms with Crippen LogP contribution in [-0.4, -0.2) is 46.6 Å². The molecule has 0 aliphatic heterocycles. The number of carbonyl (C=O) groups excluding carboxylic acids is 2. The number of sulfonamides is 1. The molecule has 0 spiro atoms. The van der Waals surface area contributed by atoms with Crippen LogP contribution in [0.1, 0.15) is 29.8 Å². The van der Waals surface area contributed by atoms with Gasteiger partial charge in [-0.05, 0) is 49.2 Å². The van der Waals surface area contributed by atoms with Crippen molar-refractivity contribution in [2.45, 2.75) is 31.3 Å². The van der Waals surface area contributed by atoms with Gasteiger partial charge in [0.25, 0.3) is 5.91 Å². The molecule has 0 aromatic heterocycles. The first-order valence-electron chi connectivity index (χ1n) is 9.48. The van der Waals surface area contributed by atoms with Crippen LogP contribution in [0.2, 0.25) is 0 Å². The van der Waals surface area contributed by atoms with E-state index in [1.165, 1.54) is 31.2 Å². The van der Waals surface area contributed by atoms with Gasteiger partial charge in [0.2, 0.25) is 10.0 Å². The minimum atomic E-state index is -3.70. The first-order valence-corrected chi connectivity index (χ1v) is 11.0. The minimum absolute atomic E-state index is 0.0459. The number of ether oxygens (including phenoxy) is 2. The summed E-state index contributed by atoms with van der Waals surface area (Å²) >= 11 is 0. The Morgan fingerprint density at radius 3 is 2.43 bits per heavy atom. The van der Waals surface area contributed by atoms with Gasteiger partial charge in [-0.1, -0.05) is 25.1 Å². The molecule has 2 N–H and O–H groups in total. The van der Waals surface area contributed by atoms with Crippen molar-refractivity contribution in [3.8, 4) is 5.75 Å². The fourth-order valence-corrected chi connectivity index (χ4v) is 3.70. The quantitative estimate of drug-likeness (QED) is 0.553. The molecular formula is C21H26N2O6S. The molecule has 0 saturated heterocycles. The lowest BCUT2D eigenvalue weighted by Gasteiger charge is -2.14. The molecule has 1 unspecified atom stereocenters. The van der Waals surface area contributed by atoms with Gasteiger partial charge in [0.05, 0.1) is 17.6 Å². The Hall–Kier alpha value is -2.91. The zero-order chi connectivity index (χ0) is 22.1. The van der Waals surface area contributed by atoms with Crippen molar-refractivity contribution in [2.24, 2.45) is 0 Å². The van der Waals surface area contributed by atoms with Gasteiger partial charge in [-0.2, -0.15) is 0 Å². The summed E-state index contributed by atoms with van der Waals surface area (Å²) in [6.45, 7) is 3.72. The highest BCUT2D eigenvalue weighted by atomic mass is 32.2. The Kier molecular flexibility index (Phi) is 8.37. The maximum absolute atomic E-state index is 12.3. The summed E-state index contributed by atoms with van der Waals surface area (Å²) in [5.41, 5.74) is 1.08. The fourth-order valence-electron chi connectivity index (χ4n) is 2.61. The molecule has 0 fully saturated rings. The number of carbonyl (C=O) groups is 2. The number of hydrogen-bond acceptors (Lipinski definition) is 6. The van der Waals surface area contributed by atoms with Crippen molar-refractivity contribution in [1.82, 2.24) is 10.0 Å². The molecule has 0 heterocycles. The van der Waals surface area contributed by atoms with Crippen LogP contribution >= 0.6 is 0 Å². The fraction of sp³-hybridized carbons (Fsp3) is 0.333. The topological polar surface area (TPSA) is 111 Å². The van der Waals surface area contributed by atoms with E-state index in [1.54, 1.807) is 14.0 Å². The van der Waals surface area contributed by atoms with E-state index in [4.69, 9.17) is 9.47 Å². The van der Waals surface area contributed by atoms with Gasteiger partial charge >= 0.3 is 5.97 Å². The van der Waals surface area contributed by atoms with Gasteiger partial charge in [-0.15, -0.1) is 0 Å². The van der Waals surface area contributed by atoms with Crippen molar-refractivity contribution >= 4 is 21.9 Å². The number of nitrogens with one attached hydrogen (secondary N) is 2. The van der Waals surface area contributed by atoms with Gasteiger partial charge in [0.15, 0.2) is 6.10 Å². The third kappa shape index (κ3) is 6.57. The Labute approximate surface area is 176 Å². The van der Waals surface area contributed by atoms with Crippen LogP contribution in [0.25, 0.3) is 0 Å². The van der Waals surface area contributed by atoms with Crippen LogP contribution in [-0.2, 0) is 26.0 Å². The lowest BCUT2D eigenvalue weighted by molar-refractivity contribution is -0.129. The molecule has 0 saturated carbocycles. The predicted molar refractivity (Wildman–Crippen MR) is 112 cm³/mol. The highest BCUT2D eigenvalue weighted by Crippen LogP contribution is 2.14. The maximum atomic E-state index is 12.3. The van der Waals surface area contributed by atoms with E-state index < -0.39 is 28.0 Å². The van der Waals surface area contributed by atoms with Gasteiger partial charge in [0.1, 0.15) is 5.75 Å². The zero-order valence-electron chi connectivity index (χ0n) is 17.2. The summed E-state index contributed by atoms with van der Waals surface area (Å²) in [6, 6.07) is 13.0. The molecule has 8 nitrogen and oxygen atoms in total. The third-order valence-electron chi connectivity index (χ3n) is 4.24. The van der Waals surface area contributed by atoms with Gasteiger partial charge in [-0.3, -0.25) is 4.79 Å². The Morgan fingerprint density at radius 1 is 1.10 bits per heavy atom. The van der Waals surface area contributed by atoms with Crippen LogP contribution < -0.4 is 14.8 Å². The number of rotatable bonds is 10. The maximum Gasteiger partial charge on any atom is 0.338 e. The standard InChI is InChI=1S/C21H26N2O6S/c1-4-23-30(26,27)19-7-5-6-17(14-19)21(25)29-15(2)20(24)22-13-12-16-8-10-18(28-3)11-9-16/h5-11,14-15,23H,4,12-13H2,1-3H3,(H,22,24). The summed E-state index contributed by atoms with van der Waals surface area (Å²) in [5, 5.41) is 2.72. The average molecular weight is 435 g/mol. The number of esters is 1. The SMILES string of the molecule is CCNS(=O)(=O)c1cccc(C(=O)OC(C)C(=O)NCCc2ccc(OC)cc2)c1. The largest absolute Gasteiger partial charge is 0.497 e. The minimum Gasteiger partial charge on any atom is -0.497 e. The number of hydrogen-bond donors (Lipinski definition) is 2. The van der Waals surface area contributed by atoms with Crippen LogP contribution in [0.4, 0.5) is 0 Å². The molecular weight excluding hydrogens is 408 g/mol. The van der Waals surface area contributed by atoms with E-state index >= 15 is 0 Å². The molecule has 162 valence electrons. The summed E-state index contributed by atoms with van der Waals surface area (Å²) in [5.74, 6) is -0.458. The first-order chi connectivity index (χ1) is 14.3. The Balaban J connectivity index is 1.89. The summed E-state index contributed by atoms with van der Waals surface area (Å²) in [7, 11) is -2.11. The monoisotopic (exact) mass is 434 g/mol. The van der Waals surface area contributed by atoms with Crippen molar-refractivity contribution in [3.63, 3.8) is 0 Å². The van der Waals surface area contributed by atoms with Gasteiger partial charge < -0.3 is 14.8 Å². The number of methoxy groups -OCH3 is 1. The highest BCUT2D eigenvalue weighted by Gasteiger charge is 2.20. The molecule has 2 aromatic rings. The third-order valence-corrected chi connectivity index (χ3v) is 5.78. The second-order valence-corrected chi connectivity index (χ2v) is 8.23. The highest BCUT2D eigenvalue weighted by molar-refractivity contribution is 7.89. The molecule has 30 heavy (non-hydrogen) atoms. The van der Waals surface area contributed by atoms with Crippen molar-refractivity contribution < 1.29 is 27.5 Å². The van der Waals surface area contributed by atoms with Crippen molar-refractivity contribution in [2.75, 3.05) is 20.2 Å². The molecule has 1 atom stereocenters. The normalized spacial score (nSPS) is 12.1. The van der Waals surface area contributed by atoms with E-state index in [-0.39, 0.29) is 17.0 Å². The van der Waals surface area contributed by atoms with E-state index in [2.05, 4.69) is 10.0 Å². The van der Waals surface area contributed by atoms with Crippen molar-refractivity contribution in [1.29, 1.82) is 0 Å². The molecule has 2 rings (SSSR count). The summed E-state index contributed by atoms with van der Waals surface area (Å²) < 4.78 is 36.8. The molecule has 0 aliphatic rings.